The Balaban J connectivity index is 2.46. The van der Waals surface area contributed by atoms with Gasteiger partial charge in [0.25, 0.3) is 0 Å². The third-order valence-electron chi connectivity index (χ3n) is 2.09. The number of alkyl halides is 1. The first-order valence-electron chi connectivity index (χ1n) is 4.96. The van der Waals surface area contributed by atoms with Gasteiger partial charge in [0.05, 0.1) is 0 Å². The summed E-state index contributed by atoms with van der Waals surface area (Å²) < 4.78 is 13.3. The lowest BCUT2D eigenvalue weighted by Gasteiger charge is -2.19. The molecule has 0 aliphatic rings. The minimum Gasteiger partial charge on any atom is -0.327 e. The van der Waals surface area contributed by atoms with Crippen molar-refractivity contribution in [2.75, 3.05) is 0 Å². The Kier molecular flexibility index (Phi) is 3.64. The number of hydrogen-bond donors (Lipinski definition) is 1. The molecule has 0 spiro atoms. The minimum absolute atomic E-state index is 0.0996. The topological polar surface area (TPSA) is 26.0 Å². The van der Waals surface area contributed by atoms with E-state index in [-0.39, 0.29) is 6.04 Å². The Labute approximate surface area is 85.1 Å². The van der Waals surface area contributed by atoms with Crippen molar-refractivity contribution in [3.63, 3.8) is 0 Å². The molecule has 0 saturated heterocycles. The molecule has 14 heavy (non-hydrogen) atoms. The van der Waals surface area contributed by atoms with Crippen LogP contribution >= 0.6 is 0 Å². The molecule has 1 aromatic rings. The van der Waals surface area contributed by atoms with Crippen LogP contribution in [0.15, 0.2) is 30.3 Å². The second-order valence-corrected chi connectivity index (χ2v) is 4.37. The molecule has 0 aromatic heterocycles. The summed E-state index contributed by atoms with van der Waals surface area (Å²) in [5, 5.41) is 0. The molecule has 0 heterocycles. The molecule has 0 saturated carbocycles. The molecule has 1 atom stereocenters. The van der Waals surface area contributed by atoms with E-state index in [4.69, 9.17) is 5.73 Å². The average Bonchev–Trinajstić information content (AvgIpc) is 2.02. The van der Waals surface area contributed by atoms with Gasteiger partial charge in [0, 0.05) is 6.04 Å². The molecule has 0 radical (unpaired) electrons. The summed E-state index contributed by atoms with van der Waals surface area (Å²) in [5.74, 6) is 0. The van der Waals surface area contributed by atoms with E-state index >= 15 is 0 Å². The molecule has 1 unspecified atom stereocenters. The van der Waals surface area contributed by atoms with Crippen LogP contribution in [0.5, 0.6) is 0 Å². The highest BCUT2D eigenvalue weighted by molar-refractivity contribution is 5.15. The minimum atomic E-state index is -1.17. The van der Waals surface area contributed by atoms with Crippen LogP contribution < -0.4 is 5.73 Å². The van der Waals surface area contributed by atoms with Crippen LogP contribution in [0.4, 0.5) is 4.39 Å². The summed E-state index contributed by atoms with van der Waals surface area (Å²) >= 11 is 0. The van der Waals surface area contributed by atoms with Gasteiger partial charge in [-0.1, -0.05) is 30.3 Å². The fourth-order valence-electron chi connectivity index (χ4n) is 1.61. The Bertz CT molecular complexity index is 263. The Morgan fingerprint density at radius 1 is 1.29 bits per heavy atom. The van der Waals surface area contributed by atoms with Gasteiger partial charge in [0.1, 0.15) is 5.67 Å². The zero-order chi connectivity index (χ0) is 10.6. The summed E-state index contributed by atoms with van der Waals surface area (Å²) in [5.41, 5.74) is 5.85. The van der Waals surface area contributed by atoms with Crippen LogP contribution in [0, 0.1) is 0 Å². The highest BCUT2D eigenvalue weighted by atomic mass is 19.1. The van der Waals surface area contributed by atoms with E-state index in [9.17, 15) is 4.39 Å². The van der Waals surface area contributed by atoms with E-state index in [1.807, 2.05) is 30.3 Å². The second-order valence-electron chi connectivity index (χ2n) is 4.37. The highest BCUT2D eigenvalue weighted by Gasteiger charge is 2.19. The van der Waals surface area contributed by atoms with E-state index in [2.05, 4.69) is 0 Å². The van der Waals surface area contributed by atoms with Gasteiger partial charge in [0.2, 0.25) is 0 Å². The van der Waals surface area contributed by atoms with E-state index in [0.717, 1.165) is 6.42 Å². The molecule has 0 aliphatic carbocycles. The zero-order valence-corrected chi connectivity index (χ0v) is 8.83. The lowest BCUT2D eigenvalue weighted by Crippen LogP contribution is -2.30. The first kappa shape index (κ1) is 11.2. The molecule has 1 aromatic carbocycles. The molecule has 1 nitrogen and oxygen atoms in total. The van der Waals surface area contributed by atoms with Crippen molar-refractivity contribution < 1.29 is 4.39 Å². The largest absolute Gasteiger partial charge is 0.327 e. The van der Waals surface area contributed by atoms with Gasteiger partial charge in [-0.15, -0.1) is 0 Å². The molecule has 2 heteroatoms. The maximum Gasteiger partial charge on any atom is 0.107 e. The molecule has 0 fully saturated rings. The van der Waals surface area contributed by atoms with Crippen LogP contribution in [-0.4, -0.2) is 11.7 Å². The summed E-state index contributed by atoms with van der Waals surface area (Å²) in [6.07, 6.45) is 1.15. The molecule has 0 aliphatic heterocycles. The maximum absolute atomic E-state index is 13.3. The SMILES string of the molecule is CC(C)(F)CC(N)Cc1ccccc1. The zero-order valence-electron chi connectivity index (χ0n) is 8.83. The fraction of sp³-hybridized carbons (Fsp3) is 0.500. The standard InChI is InChI=1S/C12H18FN/c1-12(2,13)9-11(14)8-10-6-4-3-5-7-10/h3-7,11H,8-9,14H2,1-2H3. The highest BCUT2D eigenvalue weighted by Crippen LogP contribution is 2.17. The molecular formula is C12H18FN. The third-order valence-corrected chi connectivity index (χ3v) is 2.09. The van der Waals surface area contributed by atoms with Crippen molar-refractivity contribution in [1.29, 1.82) is 0 Å². The molecule has 1 rings (SSSR count). The molecular weight excluding hydrogens is 177 g/mol. The molecule has 0 amide bonds. The average molecular weight is 195 g/mol. The lowest BCUT2D eigenvalue weighted by atomic mass is 9.96. The second kappa shape index (κ2) is 4.56. The molecule has 78 valence electrons. The smallest absolute Gasteiger partial charge is 0.107 e. The Morgan fingerprint density at radius 2 is 1.86 bits per heavy atom. The quantitative estimate of drug-likeness (QED) is 0.785. The predicted octanol–water partition coefficient (Wildman–Crippen LogP) is 2.69. The van der Waals surface area contributed by atoms with E-state index in [1.165, 1.54) is 5.56 Å². The summed E-state index contributed by atoms with van der Waals surface area (Å²) in [4.78, 5) is 0. The Morgan fingerprint density at radius 3 is 2.36 bits per heavy atom. The van der Waals surface area contributed by atoms with Crippen molar-refractivity contribution in [2.45, 2.75) is 38.4 Å². The number of rotatable bonds is 4. The van der Waals surface area contributed by atoms with Gasteiger partial charge in [-0.05, 0) is 32.3 Å². The predicted molar refractivity (Wildman–Crippen MR) is 57.9 cm³/mol. The van der Waals surface area contributed by atoms with Gasteiger partial charge < -0.3 is 5.73 Å². The molecule has 2 N–H and O–H groups in total. The Hall–Kier alpha value is -0.890. The lowest BCUT2D eigenvalue weighted by molar-refractivity contribution is 0.187. The van der Waals surface area contributed by atoms with Crippen LogP contribution in [-0.2, 0) is 6.42 Å². The summed E-state index contributed by atoms with van der Waals surface area (Å²) in [6, 6.07) is 9.85. The number of halogens is 1. The van der Waals surface area contributed by atoms with Crippen LogP contribution in [0.1, 0.15) is 25.8 Å². The van der Waals surface area contributed by atoms with Gasteiger partial charge in [0.15, 0.2) is 0 Å². The van der Waals surface area contributed by atoms with Crippen molar-refractivity contribution >= 4 is 0 Å². The number of nitrogens with two attached hydrogens (primary N) is 1. The van der Waals surface area contributed by atoms with Gasteiger partial charge >= 0.3 is 0 Å². The third kappa shape index (κ3) is 4.38. The number of benzene rings is 1. The monoisotopic (exact) mass is 195 g/mol. The van der Waals surface area contributed by atoms with E-state index in [1.54, 1.807) is 13.8 Å². The number of hydrogen-bond acceptors (Lipinski definition) is 1. The van der Waals surface area contributed by atoms with Crippen LogP contribution in [0.25, 0.3) is 0 Å². The van der Waals surface area contributed by atoms with Crippen LogP contribution in [0.2, 0.25) is 0 Å². The first-order chi connectivity index (χ1) is 6.47. The fourth-order valence-corrected chi connectivity index (χ4v) is 1.61. The van der Waals surface area contributed by atoms with Crippen molar-refractivity contribution in [3.8, 4) is 0 Å². The van der Waals surface area contributed by atoms with Crippen LogP contribution in [0.3, 0.4) is 0 Å². The van der Waals surface area contributed by atoms with Crippen molar-refractivity contribution in [1.82, 2.24) is 0 Å². The van der Waals surface area contributed by atoms with E-state index < -0.39 is 5.67 Å². The van der Waals surface area contributed by atoms with Gasteiger partial charge in [-0.3, -0.25) is 0 Å². The van der Waals surface area contributed by atoms with E-state index in [0.29, 0.717) is 6.42 Å². The first-order valence-corrected chi connectivity index (χ1v) is 4.96. The maximum atomic E-state index is 13.3. The summed E-state index contributed by atoms with van der Waals surface area (Å²) in [7, 11) is 0. The van der Waals surface area contributed by atoms with Gasteiger partial charge in [-0.25, -0.2) is 4.39 Å². The van der Waals surface area contributed by atoms with Crippen molar-refractivity contribution in [2.24, 2.45) is 5.73 Å². The summed E-state index contributed by atoms with van der Waals surface area (Å²) in [6.45, 7) is 3.13. The molecule has 0 bridgehead atoms. The normalized spacial score (nSPS) is 14.0. The van der Waals surface area contributed by atoms with Crippen molar-refractivity contribution in [3.05, 3.63) is 35.9 Å². The van der Waals surface area contributed by atoms with Gasteiger partial charge in [-0.2, -0.15) is 0 Å².